The van der Waals surface area contributed by atoms with Gasteiger partial charge in [0, 0.05) is 19.7 Å². The Balaban J connectivity index is 3.51. The molecule has 1 aromatic carbocycles. The summed E-state index contributed by atoms with van der Waals surface area (Å²) in [5, 5.41) is 0.0623. The van der Waals surface area contributed by atoms with Gasteiger partial charge in [0.2, 0.25) is 0 Å². The number of nitrogens with zero attached hydrogens (tertiary/aromatic N) is 1. The van der Waals surface area contributed by atoms with Crippen molar-refractivity contribution >= 4 is 27.9 Å². The number of carbonyl (C=O) groups is 1. The fourth-order valence-corrected chi connectivity index (χ4v) is 3.01. The molecule has 0 heterocycles. The van der Waals surface area contributed by atoms with Crippen molar-refractivity contribution in [3.8, 4) is 5.75 Å². The highest BCUT2D eigenvalue weighted by molar-refractivity contribution is 7.84. The molecule has 0 spiro atoms. The highest BCUT2D eigenvalue weighted by atomic mass is 35.5. The van der Waals surface area contributed by atoms with Gasteiger partial charge in [0.1, 0.15) is 11.6 Å². The van der Waals surface area contributed by atoms with Crippen molar-refractivity contribution in [2.75, 3.05) is 14.1 Å². The standard InChI is InChI=1S/C18H29ClN2O5S/c1-8-11(2)12-9-13(15(20)17(22)25-18(3,4)5)16(14(19)10-12)26-27(23,24)21(6)7/h9-11,15H,8,20H2,1-7H3. The third-order valence-electron chi connectivity index (χ3n) is 3.91. The van der Waals surface area contributed by atoms with Gasteiger partial charge in [-0.2, -0.15) is 12.7 Å². The topological polar surface area (TPSA) is 98.9 Å². The summed E-state index contributed by atoms with van der Waals surface area (Å²) >= 11 is 6.31. The number of ether oxygens (including phenoxy) is 1. The Morgan fingerprint density at radius 2 is 1.85 bits per heavy atom. The van der Waals surface area contributed by atoms with Crippen LogP contribution in [0.25, 0.3) is 0 Å². The number of hydrogen-bond acceptors (Lipinski definition) is 6. The lowest BCUT2D eigenvalue weighted by atomic mass is 9.94. The van der Waals surface area contributed by atoms with Crippen LogP contribution in [0.2, 0.25) is 5.02 Å². The van der Waals surface area contributed by atoms with Crippen molar-refractivity contribution in [2.45, 2.75) is 58.6 Å². The molecule has 1 rings (SSSR count). The SMILES string of the molecule is CCC(C)c1cc(Cl)c(OS(=O)(=O)N(C)C)c(C(N)C(=O)OC(C)(C)C)c1. The summed E-state index contributed by atoms with van der Waals surface area (Å²) in [6.45, 7) is 9.15. The lowest BCUT2D eigenvalue weighted by molar-refractivity contribution is -0.156. The summed E-state index contributed by atoms with van der Waals surface area (Å²) in [5.74, 6) is -0.741. The van der Waals surface area contributed by atoms with Crippen LogP contribution in [-0.2, 0) is 19.8 Å². The van der Waals surface area contributed by atoms with Gasteiger partial charge >= 0.3 is 16.3 Å². The van der Waals surface area contributed by atoms with E-state index in [0.717, 1.165) is 16.3 Å². The number of carbonyl (C=O) groups excluding carboxylic acids is 1. The molecule has 7 nitrogen and oxygen atoms in total. The highest BCUT2D eigenvalue weighted by Crippen LogP contribution is 2.38. The van der Waals surface area contributed by atoms with E-state index in [0.29, 0.717) is 0 Å². The van der Waals surface area contributed by atoms with E-state index < -0.39 is 27.9 Å². The first-order chi connectivity index (χ1) is 12.2. The number of nitrogens with two attached hydrogens (primary N) is 1. The Labute approximate surface area is 167 Å². The van der Waals surface area contributed by atoms with Crippen LogP contribution in [0, 0.1) is 0 Å². The van der Waals surface area contributed by atoms with Crippen molar-refractivity contribution in [3.63, 3.8) is 0 Å². The van der Waals surface area contributed by atoms with Gasteiger partial charge in [-0.1, -0.05) is 25.4 Å². The summed E-state index contributed by atoms with van der Waals surface area (Å²) in [5.41, 5.74) is 6.34. The van der Waals surface area contributed by atoms with E-state index in [1.165, 1.54) is 14.1 Å². The molecule has 0 saturated carbocycles. The van der Waals surface area contributed by atoms with Crippen LogP contribution in [0.3, 0.4) is 0 Å². The fraction of sp³-hybridized carbons (Fsp3) is 0.611. The van der Waals surface area contributed by atoms with Crippen LogP contribution in [0.1, 0.15) is 64.1 Å². The van der Waals surface area contributed by atoms with E-state index in [1.54, 1.807) is 32.9 Å². The largest absolute Gasteiger partial charge is 0.459 e. The summed E-state index contributed by atoms with van der Waals surface area (Å²) in [4.78, 5) is 12.5. The minimum absolute atomic E-state index is 0.0623. The summed E-state index contributed by atoms with van der Waals surface area (Å²) in [7, 11) is -1.44. The molecule has 0 saturated heterocycles. The number of halogens is 1. The van der Waals surface area contributed by atoms with Crippen molar-refractivity contribution in [1.29, 1.82) is 0 Å². The maximum Gasteiger partial charge on any atom is 0.384 e. The average molecular weight is 421 g/mol. The predicted octanol–water partition coefficient (Wildman–Crippen LogP) is 3.38. The molecular formula is C18H29ClN2O5S. The lowest BCUT2D eigenvalue weighted by Crippen LogP contribution is -2.33. The summed E-state index contributed by atoms with van der Waals surface area (Å²) in [6.07, 6.45) is 0.827. The first-order valence-corrected chi connectivity index (χ1v) is 10.4. The molecule has 0 aromatic heterocycles. The molecule has 0 radical (unpaired) electrons. The molecule has 2 N–H and O–H groups in total. The van der Waals surface area contributed by atoms with Crippen LogP contribution in [-0.4, -0.2) is 38.4 Å². The molecule has 0 aliphatic carbocycles. The van der Waals surface area contributed by atoms with Crippen molar-refractivity contribution in [3.05, 3.63) is 28.3 Å². The van der Waals surface area contributed by atoms with Gasteiger partial charge in [0.05, 0.1) is 5.02 Å². The van der Waals surface area contributed by atoms with Gasteiger partial charge in [0.15, 0.2) is 5.75 Å². The molecule has 0 amide bonds. The van der Waals surface area contributed by atoms with Crippen LogP contribution in [0.4, 0.5) is 0 Å². The molecule has 0 aliphatic heterocycles. The zero-order chi connectivity index (χ0) is 21.2. The minimum Gasteiger partial charge on any atom is -0.459 e. The van der Waals surface area contributed by atoms with E-state index in [9.17, 15) is 13.2 Å². The molecule has 0 bridgehead atoms. The van der Waals surface area contributed by atoms with Gasteiger partial charge < -0.3 is 14.7 Å². The van der Waals surface area contributed by atoms with Crippen LogP contribution in [0.15, 0.2) is 12.1 Å². The normalized spacial score (nSPS) is 14.7. The molecule has 154 valence electrons. The molecule has 27 heavy (non-hydrogen) atoms. The summed E-state index contributed by atoms with van der Waals surface area (Å²) in [6, 6.07) is 2.02. The molecular weight excluding hydrogens is 392 g/mol. The van der Waals surface area contributed by atoms with Gasteiger partial charge in [-0.3, -0.25) is 0 Å². The third kappa shape index (κ3) is 6.34. The second-order valence-corrected chi connectivity index (χ2v) is 9.72. The van der Waals surface area contributed by atoms with Gasteiger partial charge in [-0.25, -0.2) is 4.79 Å². The minimum atomic E-state index is -4.09. The lowest BCUT2D eigenvalue weighted by Gasteiger charge is -2.25. The van der Waals surface area contributed by atoms with Gasteiger partial charge in [-0.05, 0) is 50.8 Å². The zero-order valence-corrected chi connectivity index (χ0v) is 18.4. The van der Waals surface area contributed by atoms with Crippen molar-refractivity contribution in [1.82, 2.24) is 4.31 Å². The fourth-order valence-electron chi connectivity index (χ4n) is 2.15. The van der Waals surface area contributed by atoms with Gasteiger partial charge in [0.25, 0.3) is 0 Å². The van der Waals surface area contributed by atoms with Crippen LogP contribution in [0.5, 0.6) is 5.75 Å². The number of hydrogen-bond donors (Lipinski definition) is 1. The first kappa shape index (κ1) is 23.7. The molecule has 0 aliphatic rings. The molecule has 0 fully saturated rings. The Morgan fingerprint density at radius 3 is 2.30 bits per heavy atom. The highest BCUT2D eigenvalue weighted by Gasteiger charge is 2.30. The smallest absolute Gasteiger partial charge is 0.384 e. The summed E-state index contributed by atoms with van der Waals surface area (Å²) < 4.78 is 35.8. The van der Waals surface area contributed by atoms with E-state index in [4.69, 9.17) is 26.3 Å². The van der Waals surface area contributed by atoms with E-state index in [-0.39, 0.29) is 22.3 Å². The van der Waals surface area contributed by atoms with Gasteiger partial charge in [-0.15, -0.1) is 0 Å². The molecule has 2 unspecified atom stereocenters. The Morgan fingerprint density at radius 1 is 1.30 bits per heavy atom. The second kappa shape index (κ2) is 8.77. The van der Waals surface area contributed by atoms with Crippen LogP contribution < -0.4 is 9.92 Å². The molecule has 2 atom stereocenters. The molecule has 9 heteroatoms. The Kier molecular flexibility index (Phi) is 7.69. The Hall–Kier alpha value is -1.35. The van der Waals surface area contributed by atoms with E-state index in [2.05, 4.69) is 0 Å². The average Bonchev–Trinajstić information content (AvgIpc) is 2.53. The number of benzene rings is 1. The predicted molar refractivity (Wildman–Crippen MR) is 106 cm³/mol. The van der Waals surface area contributed by atoms with E-state index >= 15 is 0 Å². The number of esters is 1. The van der Waals surface area contributed by atoms with Crippen molar-refractivity contribution < 1.29 is 22.1 Å². The van der Waals surface area contributed by atoms with Crippen molar-refractivity contribution in [2.24, 2.45) is 5.73 Å². The maximum atomic E-state index is 12.5. The monoisotopic (exact) mass is 420 g/mol. The van der Waals surface area contributed by atoms with E-state index in [1.807, 2.05) is 13.8 Å². The quantitative estimate of drug-likeness (QED) is 0.679. The molecule has 1 aromatic rings. The first-order valence-electron chi connectivity index (χ1n) is 8.63. The third-order valence-corrected chi connectivity index (χ3v) is 5.46. The Bertz CT molecular complexity index is 788. The second-order valence-electron chi connectivity index (χ2n) is 7.56. The maximum absolute atomic E-state index is 12.5. The number of rotatable bonds is 7. The zero-order valence-electron chi connectivity index (χ0n) is 16.9. The van der Waals surface area contributed by atoms with Crippen LogP contribution >= 0.6 is 11.6 Å².